The first-order valence-corrected chi connectivity index (χ1v) is 5.31. The summed E-state index contributed by atoms with van der Waals surface area (Å²) in [6.45, 7) is 2.13. The SMILES string of the molecule is CCc1ccccc1-c1cc(Br)on1. The number of hydrogen-bond donors (Lipinski definition) is 0. The van der Waals surface area contributed by atoms with Crippen molar-refractivity contribution in [2.45, 2.75) is 13.3 Å². The van der Waals surface area contributed by atoms with E-state index in [4.69, 9.17) is 4.52 Å². The minimum Gasteiger partial charge on any atom is -0.349 e. The maximum atomic E-state index is 4.99. The van der Waals surface area contributed by atoms with Crippen molar-refractivity contribution in [1.82, 2.24) is 5.16 Å². The smallest absolute Gasteiger partial charge is 0.202 e. The molecule has 72 valence electrons. The van der Waals surface area contributed by atoms with Crippen LogP contribution in [0.2, 0.25) is 0 Å². The number of aryl methyl sites for hydroxylation is 1. The van der Waals surface area contributed by atoms with Crippen LogP contribution < -0.4 is 0 Å². The fourth-order valence-corrected chi connectivity index (χ4v) is 1.75. The zero-order valence-electron chi connectivity index (χ0n) is 7.83. The highest BCUT2D eigenvalue weighted by molar-refractivity contribution is 9.10. The Bertz CT molecular complexity index is 436. The molecule has 2 rings (SSSR count). The van der Waals surface area contributed by atoms with Crippen LogP contribution in [0.15, 0.2) is 39.5 Å². The van der Waals surface area contributed by atoms with Crippen LogP contribution in [0.25, 0.3) is 11.3 Å². The van der Waals surface area contributed by atoms with Gasteiger partial charge in [0, 0.05) is 11.6 Å². The van der Waals surface area contributed by atoms with Crippen LogP contribution in [-0.4, -0.2) is 5.16 Å². The molecule has 2 nitrogen and oxygen atoms in total. The van der Waals surface area contributed by atoms with Gasteiger partial charge in [-0.25, -0.2) is 0 Å². The summed E-state index contributed by atoms with van der Waals surface area (Å²) in [7, 11) is 0. The van der Waals surface area contributed by atoms with Gasteiger partial charge in [-0.05, 0) is 27.9 Å². The van der Waals surface area contributed by atoms with Gasteiger partial charge in [0.15, 0.2) is 0 Å². The molecule has 0 saturated carbocycles. The standard InChI is InChI=1S/C11H10BrNO/c1-2-8-5-3-4-6-9(8)10-7-11(12)14-13-10/h3-7H,2H2,1H3. The second kappa shape index (κ2) is 3.96. The molecule has 0 fully saturated rings. The molecule has 0 spiro atoms. The molecule has 0 unspecified atom stereocenters. The summed E-state index contributed by atoms with van der Waals surface area (Å²) < 4.78 is 5.65. The third-order valence-electron chi connectivity index (χ3n) is 2.16. The molecule has 1 heterocycles. The number of nitrogens with zero attached hydrogens (tertiary/aromatic N) is 1. The van der Waals surface area contributed by atoms with Gasteiger partial charge in [-0.1, -0.05) is 36.3 Å². The monoisotopic (exact) mass is 251 g/mol. The Kier molecular flexibility index (Phi) is 2.68. The van der Waals surface area contributed by atoms with E-state index in [1.807, 2.05) is 18.2 Å². The quantitative estimate of drug-likeness (QED) is 0.815. The van der Waals surface area contributed by atoms with Gasteiger partial charge in [-0.3, -0.25) is 0 Å². The van der Waals surface area contributed by atoms with Gasteiger partial charge < -0.3 is 4.52 Å². The van der Waals surface area contributed by atoms with Crippen molar-refractivity contribution in [2.75, 3.05) is 0 Å². The highest BCUT2D eigenvalue weighted by Crippen LogP contribution is 2.25. The van der Waals surface area contributed by atoms with Gasteiger partial charge in [0.1, 0.15) is 5.69 Å². The van der Waals surface area contributed by atoms with Gasteiger partial charge in [-0.15, -0.1) is 0 Å². The molecule has 1 aromatic heterocycles. The van der Waals surface area contributed by atoms with Crippen molar-refractivity contribution in [3.8, 4) is 11.3 Å². The molecule has 14 heavy (non-hydrogen) atoms. The first-order chi connectivity index (χ1) is 6.81. The molecular weight excluding hydrogens is 242 g/mol. The summed E-state index contributed by atoms with van der Waals surface area (Å²) in [4.78, 5) is 0. The van der Waals surface area contributed by atoms with Crippen LogP contribution in [0.1, 0.15) is 12.5 Å². The first kappa shape index (κ1) is 9.46. The van der Waals surface area contributed by atoms with E-state index in [2.05, 4.69) is 40.1 Å². The normalized spacial score (nSPS) is 10.4. The second-order valence-electron chi connectivity index (χ2n) is 3.03. The summed E-state index contributed by atoms with van der Waals surface area (Å²) >= 11 is 3.25. The predicted octanol–water partition coefficient (Wildman–Crippen LogP) is 3.67. The molecule has 0 aliphatic heterocycles. The summed E-state index contributed by atoms with van der Waals surface area (Å²) in [5.41, 5.74) is 3.31. The Balaban J connectivity index is 2.50. The molecule has 0 aliphatic carbocycles. The van der Waals surface area contributed by atoms with Gasteiger partial charge in [0.25, 0.3) is 0 Å². The molecule has 0 bridgehead atoms. The van der Waals surface area contributed by atoms with E-state index in [0.29, 0.717) is 4.67 Å². The predicted molar refractivity (Wildman–Crippen MR) is 59.0 cm³/mol. The largest absolute Gasteiger partial charge is 0.349 e. The summed E-state index contributed by atoms with van der Waals surface area (Å²) in [6, 6.07) is 10.1. The number of halogens is 1. The molecule has 0 saturated heterocycles. The molecule has 2 aromatic rings. The molecule has 0 radical (unpaired) electrons. The third kappa shape index (κ3) is 1.73. The molecule has 0 N–H and O–H groups in total. The van der Waals surface area contributed by atoms with Crippen LogP contribution in [0, 0.1) is 0 Å². The molecule has 3 heteroatoms. The molecular formula is C11H10BrNO. The fraction of sp³-hybridized carbons (Fsp3) is 0.182. The van der Waals surface area contributed by atoms with E-state index in [1.165, 1.54) is 5.56 Å². The second-order valence-corrected chi connectivity index (χ2v) is 3.81. The number of aromatic nitrogens is 1. The van der Waals surface area contributed by atoms with Crippen LogP contribution in [-0.2, 0) is 6.42 Å². The topological polar surface area (TPSA) is 26.0 Å². The number of hydrogen-bond acceptors (Lipinski definition) is 2. The van der Waals surface area contributed by atoms with Crippen molar-refractivity contribution in [3.05, 3.63) is 40.6 Å². The van der Waals surface area contributed by atoms with Crippen LogP contribution in [0.5, 0.6) is 0 Å². The van der Waals surface area contributed by atoms with Crippen LogP contribution in [0.3, 0.4) is 0 Å². The number of rotatable bonds is 2. The van der Waals surface area contributed by atoms with E-state index >= 15 is 0 Å². The summed E-state index contributed by atoms with van der Waals surface area (Å²) in [5, 5.41) is 3.97. The highest BCUT2D eigenvalue weighted by Gasteiger charge is 2.07. The van der Waals surface area contributed by atoms with E-state index in [1.54, 1.807) is 0 Å². The maximum Gasteiger partial charge on any atom is 0.202 e. The van der Waals surface area contributed by atoms with Crippen LogP contribution >= 0.6 is 15.9 Å². The van der Waals surface area contributed by atoms with Crippen molar-refractivity contribution in [3.63, 3.8) is 0 Å². The minimum absolute atomic E-state index is 0.665. The molecule has 1 aromatic carbocycles. The van der Waals surface area contributed by atoms with E-state index in [0.717, 1.165) is 17.7 Å². The average Bonchev–Trinajstić information content (AvgIpc) is 2.65. The third-order valence-corrected chi connectivity index (χ3v) is 2.53. The zero-order valence-corrected chi connectivity index (χ0v) is 9.41. The Morgan fingerprint density at radius 3 is 2.79 bits per heavy atom. The Morgan fingerprint density at radius 1 is 1.36 bits per heavy atom. The minimum atomic E-state index is 0.665. The highest BCUT2D eigenvalue weighted by atomic mass is 79.9. The van der Waals surface area contributed by atoms with Crippen molar-refractivity contribution in [2.24, 2.45) is 0 Å². The Labute approximate surface area is 91.1 Å². The number of benzene rings is 1. The maximum absolute atomic E-state index is 4.99. The van der Waals surface area contributed by atoms with E-state index < -0.39 is 0 Å². The lowest BCUT2D eigenvalue weighted by molar-refractivity contribution is 0.402. The molecule has 0 aliphatic rings. The fourth-order valence-electron chi connectivity index (χ4n) is 1.46. The van der Waals surface area contributed by atoms with Crippen LogP contribution in [0.4, 0.5) is 0 Å². The summed E-state index contributed by atoms with van der Waals surface area (Å²) in [6.07, 6.45) is 1.00. The van der Waals surface area contributed by atoms with E-state index in [9.17, 15) is 0 Å². The summed E-state index contributed by atoms with van der Waals surface area (Å²) in [5.74, 6) is 0. The van der Waals surface area contributed by atoms with Gasteiger partial charge in [-0.2, -0.15) is 0 Å². The van der Waals surface area contributed by atoms with Gasteiger partial charge in [0.2, 0.25) is 4.67 Å². The Morgan fingerprint density at radius 2 is 2.14 bits per heavy atom. The lowest BCUT2D eigenvalue weighted by atomic mass is 10.0. The van der Waals surface area contributed by atoms with Crippen molar-refractivity contribution in [1.29, 1.82) is 0 Å². The van der Waals surface area contributed by atoms with E-state index in [-0.39, 0.29) is 0 Å². The van der Waals surface area contributed by atoms with Crippen molar-refractivity contribution >= 4 is 15.9 Å². The first-order valence-electron chi connectivity index (χ1n) is 4.51. The molecule has 0 atom stereocenters. The van der Waals surface area contributed by atoms with Gasteiger partial charge >= 0.3 is 0 Å². The van der Waals surface area contributed by atoms with Crippen molar-refractivity contribution < 1.29 is 4.52 Å². The Hall–Kier alpha value is -1.09. The lowest BCUT2D eigenvalue weighted by Crippen LogP contribution is -1.86. The van der Waals surface area contributed by atoms with Gasteiger partial charge in [0.05, 0.1) is 0 Å². The molecule has 0 amide bonds. The average molecular weight is 252 g/mol. The lowest BCUT2D eigenvalue weighted by Gasteiger charge is -2.02. The zero-order chi connectivity index (χ0) is 9.97.